The van der Waals surface area contributed by atoms with Crippen LogP contribution in [0.5, 0.6) is 5.75 Å². The number of aliphatic hydroxyl groups excluding tert-OH is 12. The summed E-state index contributed by atoms with van der Waals surface area (Å²) in [6, 6.07) is -2.18. The number of rotatable bonds is 29. The quantitative estimate of drug-likeness (QED) is 0.0262. The highest BCUT2D eigenvalue weighted by Crippen LogP contribution is 2.36. The van der Waals surface area contributed by atoms with Gasteiger partial charge in [-0.1, -0.05) is 44.4 Å². The minimum atomic E-state index is -2.03. The van der Waals surface area contributed by atoms with Crippen molar-refractivity contribution in [2.45, 2.75) is 233 Å². The standard InChI is InChI=1S/C56H89N5O27/c1-6-7-8-9-10-11-12-13-14-18-79-30-17-15-16-29(19-30)51(77)61-37-42(72)41(71)31(20-62)81-53(37)86-48-33(22-64)83-55(39(44(48)74)59-27(4)69)88-50-35(24-66)84-56(40(46(50)76)60-28(5)70)87-49-34(23-65)82-54(38(45(49)75)58-26(3)68)85-47-32(21-63)80-52(78)36(43(47)73)57-25(2)67/h11-12,15-17,19,31-50,52-56,62-66,71-76,78H,6-10,13-14,18,20-24H2,1-5H3,(H,57,67)(H,58,68)(H,59,69)(H,60,70)(H,61,77)/b12-11-/t31?,32?,33?,34?,35?,36-,37?,38?,39?,40-,41+,42?,43-,44?,45?,46-,47?,48+,49+,50?,52+,53?,54?,55?,56-/m0/s1. The van der Waals surface area contributed by atoms with Gasteiger partial charge < -0.3 is 135 Å². The lowest BCUT2D eigenvalue weighted by atomic mass is 9.93. The molecule has 0 spiro atoms. The van der Waals surface area contributed by atoms with Crippen LogP contribution in [0.2, 0.25) is 0 Å². The van der Waals surface area contributed by atoms with Gasteiger partial charge in [-0.05, 0) is 43.9 Å². The first kappa shape index (κ1) is 72.3. The van der Waals surface area contributed by atoms with Crippen LogP contribution in [0.25, 0.3) is 0 Å². The van der Waals surface area contributed by atoms with Crippen molar-refractivity contribution in [1.82, 2.24) is 26.6 Å². The molecule has 0 saturated carbocycles. The molecule has 5 saturated heterocycles. The van der Waals surface area contributed by atoms with Crippen molar-refractivity contribution >= 4 is 29.5 Å². The molecule has 5 fully saturated rings. The Bertz CT molecular complexity index is 2400. The second-order valence-electron chi connectivity index (χ2n) is 22.2. The monoisotopic (exact) mass is 1260 g/mol. The summed E-state index contributed by atoms with van der Waals surface area (Å²) in [5.74, 6) is -3.54. The van der Waals surface area contributed by atoms with Gasteiger partial charge >= 0.3 is 0 Å². The summed E-state index contributed by atoms with van der Waals surface area (Å²) in [5, 5.41) is 145. The molecular formula is C56H89N5O27. The number of carbonyl (C=O) groups is 5. The van der Waals surface area contributed by atoms with Crippen molar-refractivity contribution in [3.8, 4) is 5.75 Å². The van der Waals surface area contributed by atoms with E-state index >= 15 is 0 Å². The zero-order valence-electron chi connectivity index (χ0n) is 49.6. The third kappa shape index (κ3) is 18.7. The number of nitrogens with one attached hydrogen (secondary N) is 5. The fourth-order valence-electron chi connectivity index (χ4n) is 11.1. The molecule has 5 heterocycles. The number of allylic oxidation sites excluding steroid dienone is 2. The highest BCUT2D eigenvalue weighted by atomic mass is 16.8. The molecule has 5 aliphatic heterocycles. The molecule has 88 heavy (non-hydrogen) atoms. The van der Waals surface area contributed by atoms with Crippen LogP contribution in [0.3, 0.4) is 0 Å². The molecule has 0 aliphatic carbocycles. The van der Waals surface area contributed by atoms with E-state index < -0.39 is 216 Å². The molecule has 0 bridgehead atoms. The molecule has 32 heteroatoms. The van der Waals surface area contributed by atoms with E-state index in [0.29, 0.717) is 18.8 Å². The van der Waals surface area contributed by atoms with Gasteiger partial charge in [-0.3, -0.25) is 24.0 Å². The van der Waals surface area contributed by atoms with Crippen molar-refractivity contribution in [3.05, 3.63) is 42.0 Å². The van der Waals surface area contributed by atoms with Gasteiger partial charge in [0.1, 0.15) is 128 Å². The normalized spacial score (nSPS) is 37.8. The van der Waals surface area contributed by atoms with Crippen LogP contribution >= 0.6 is 0 Å². The molecule has 1 aromatic rings. The lowest BCUT2D eigenvalue weighted by molar-refractivity contribution is -0.367. The summed E-state index contributed by atoms with van der Waals surface area (Å²) in [6.07, 6.45) is -24.4. The highest BCUT2D eigenvalue weighted by Gasteiger charge is 2.58. The SMILES string of the molecule is CCCCCC/C=C\CCCOc1cccc(C(=O)NC2C(O[C@@H]3C(CO)OC(OC4C(CO)O[C@@H](O[C@@H]5C(CO)OC(OC6C(CO)O[C@@H](O)[C@@H](NC(C)=O)[C@@H]6O)C(NC(C)=O)C5O)[C@@H](NC(C)=O)[C@@H]4O)C(NC(C)=O)C3O)OC(CO)[C@@H](O)C2O)c1. The first-order valence-electron chi connectivity index (χ1n) is 29.5. The van der Waals surface area contributed by atoms with Crippen LogP contribution < -0.4 is 31.3 Å². The summed E-state index contributed by atoms with van der Waals surface area (Å²) in [6.45, 7) is 2.01. The lowest BCUT2D eigenvalue weighted by Crippen LogP contribution is -2.72. The summed E-state index contributed by atoms with van der Waals surface area (Å²) < 4.78 is 59.8. The van der Waals surface area contributed by atoms with Gasteiger partial charge in [0.25, 0.3) is 5.91 Å². The fraction of sp³-hybridized carbons (Fsp3) is 0.768. The predicted octanol–water partition coefficient (Wildman–Crippen LogP) is -6.23. The molecule has 0 aromatic heterocycles. The number of ether oxygens (including phenoxy) is 10. The molecule has 1 aromatic carbocycles. The molecule has 32 nitrogen and oxygen atoms in total. The Balaban J connectivity index is 1.18. The maximum Gasteiger partial charge on any atom is 0.251 e. The Morgan fingerprint density at radius 3 is 1.24 bits per heavy atom. The predicted molar refractivity (Wildman–Crippen MR) is 297 cm³/mol. The second kappa shape index (κ2) is 34.6. The van der Waals surface area contributed by atoms with Crippen LogP contribution in [0.15, 0.2) is 36.4 Å². The maximum absolute atomic E-state index is 13.9. The van der Waals surface area contributed by atoms with E-state index in [4.69, 9.17) is 47.4 Å². The van der Waals surface area contributed by atoms with Crippen LogP contribution in [0.4, 0.5) is 0 Å². The highest BCUT2D eigenvalue weighted by molar-refractivity contribution is 5.94. The largest absolute Gasteiger partial charge is 0.494 e. The van der Waals surface area contributed by atoms with Gasteiger partial charge in [0.2, 0.25) is 23.6 Å². The van der Waals surface area contributed by atoms with Gasteiger partial charge in [-0.25, -0.2) is 0 Å². The Hall–Kier alpha value is -4.73. The van der Waals surface area contributed by atoms with Gasteiger partial charge in [0.15, 0.2) is 31.5 Å². The van der Waals surface area contributed by atoms with Gasteiger partial charge in [0.05, 0.1) is 39.6 Å². The molecule has 17 N–H and O–H groups in total. The molecule has 5 aliphatic rings. The maximum atomic E-state index is 13.9. The third-order valence-electron chi connectivity index (χ3n) is 15.5. The van der Waals surface area contributed by atoms with E-state index in [1.807, 2.05) is 0 Å². The molecule has 25 atom stereocenters. The van der Waals surface area contributed by atoms with Gasteiger partial charge in [0, 0.05) is 33.3 Å². The average molecular weight is 1260 g/mol. The zero-order valence-corrected chi connectivity index (χ0v) is 49.6. The van der Waals surface area contributed by atoms with E-state index in [1.54, 1.807) is 12.1 Å². The first-order valence-corrected chi connectivity index (χ1v) is 29.5. The van der Waals surface area contributed by atoms with Crippen LogP contribution in [0, 0.1) is 0 Å². The number of amides is 5. The van der Waals surface area contributed by atoms with E-state index in [1.165, 1.54) is 25.0 Å². The van der Waals surface area contributed by atoms with Crippen molar-refractivity contribution in [2.75, 3.05) is 39.6 Å². The number of unbranched alkanes of at least 4 members (excludes halogenated alkanes) is 5. The number of benzene rings is 1. The molecular weight excluding hydrogens is 1170 g/mol. The van der Waals surface area contributed by atoms with E-state index in [9.17, 15) is 85.3 Å². The molecule has 0 radical (unpaired) electrons. The first-order chi connectivity index (χ1) is 42.0. The third-order valence-corrected chi connectivity index (χ3v) is 15.5. The number of carbonyl (C=O) groups excluding carboxylic acids is 5. The second-order valence-corrected chi connectivity index (χ2v) is 22.2. The van der Waals surface area contributed by atoms with Gasteiger partial charge in [-0.15, -0.1) is 0 Å². The van der Waals surface area contributed by atoms with Crippen LogP contribution in [-0.4, -0.2) is 284 Å². The molecule has 16 unspecified atom stereocenters. The minimum absolute atomic E-state index is 0.0576. The number of hydrogen-bond donors (Lipinski definition) is 17. The average Bonchev–Trinajstić information content (AvgIpc) is 1.74. The van der Waals surface area contributed by atoms with Crippen molar-refractivity contribution in [1.29, 1.82) is 0 Å². The van der Waals surface area contributed by atoms with Crippen molar-refractivity contribution < 1.29 is 133 Å². The Labute approximate surface area is 507 Å². The Kier molecular flexibility index (Phi) is 28.5. The van der Waals surface area contributed by atoms with E-state index in [2.05, 4.69) is 45.7 Å². The smallest absolute Gasteiger partial charge is 0.251 e. The molecule has 5 amide bonds. The lowest BCUT2D eigenvalue weighted by Gasteiger charge is -2.51. The summed E-state index contributed by atoms with van der Waals surface area (Å²) in [4.78, 5) is 64.1. The topological polar surface area (TPSA) is 481 Å². The van der Waals surface area contributed by atoms with Crippen LogP contribution in [0.1, 0.15) is 89.9 Å². The Morgan fingerprint density at radius 1 is 0.455 bits per heavy atom. The number of aliphatic hydroxyl groups is 12. The zero-order chi connectivity index (χ0) is 64.5. The van der Waals surface area contributed by atoms with Crippen LogP contribution in [-0.2, 0) is 61.8 Å². The molecule has 6 rings (SSSR count). The Morgan fingerprint density at radius 2 is 0.830 bits per heavy atom. The van der Waals surface area contributed by atoms with E-state index in [-0.39, 0.29) is 5.56 Å². The number of hydrogen-bond acceptors (Lipinski definition) is 27. The minimum Gasteiger partial charge on any atom is -0.494 e. The summed E-state index contributed by atoms with van der Waals surface area (Å²) in [5.41, 5.74) is 0.0576. The molecule has 500 valence electrons. The van der Waals surface area contributed by atoms with Gasteiger partial charge in [-0.2, -0.15) is 0 Å². The fourth-order valence-corrected chi connectivity index (χ4v) is 11.1. The van der Waals surface area contributed by atoms with Crippen molar-refractivity contribution in [3.63, 3.8) is 0 Å². The van der Waals surface area contributed by atoms with E-state index in [0.717, 1.165) is 53.4 Å². The van der Waals surface area contributed by atoms with Crippen molar-refractivity contribution in [2.24, 2.45) is 0 Å². The summed E-state index contributed by atoms with van der Waals surface area (Å²) in [7, 11) is 0. The summed E-state index contributed by atoms with van der Waals surface area (Å²) >= 11 is 0.